The van der Waals surface area contributed by atoms with Gasteiger partial charge in [0.15, 0.2) is 0 Å². The van der Waals surface area contributed by atoms with Crippen LogP contribution in [-0.2, 0) is 31.7 Å². The van der Waals surface area contributed by atoms with E-state index in [9.17, 15) is 0 Å². The first-order valence-electron chi connectivity index (χ1n) is 0.730. The van der Waals surface area contributed by atoms with E-state index in [0.29, 0.717) is 0 Å². The molecule has 0 rings (SSSR count). The maximum absolute atomic E-state index is 8.53. The number of hydrogen-bond donors (Lipinski definition) is 1. The predicted octanol–water partition coefficient (Wildman–Crippen LogP) is -3.44. The van der Waals surface area contributed by atoms with Crippen LogP contribution in [0.4, 0.5) is 0 Å². The van der Waals surface area contributed by atoms with Crippen LogP contribution in [0.3, 0.4) is 0 Å². The second-order valence-electron chi connectivity index (χ2n) is 0.307. The minimum atomic E-state index is -2.67. The van der Waals surface area contributed by atoms with Crippen LogP contribution in [0.15, 0.2) is 0 Å². The summed E-state index contributed by atoms with van der Waals surface area (Å²) in [4.78, 5) is 0. The van der Waals surface area contributed by atoms with E-state index in [1.165, 1.54) is 0 Å². The van der Waals surface area contributed by atoms with Crippen molar-refractivity contribution in [1.29, 1.82) is 0 Å². The second-order valence-corrected chi connectivity index (χ2v) is 0.307. The molecule has 0 spiro atoms. The normalized spacial score (nSPS) is 4.50. The first-order valence-corrected chi connectivity index (χ1v) is 0.730. The van der Waals surface area contributed by atoms with Crippen LogP contribution in [-0.4, -0.2) is 12.3 Å². The van der Waals surface area contributed by atoms with Gasteiger partial charge >= 0.3 is 26.2 Å². The Morgan fingerprint density at radius 3 is 1.33 bits per heavy atom. The van der Waals surface area contributed by atoms with E-state index >= 15 is 0 Å². The van der Waals surface area contributed by atoms with Crippen molar-refractivity contribution in [2.24, 2.45) is 0 Å². The van der Waals surface area contributed by atoms with E-state index in [4.69, 9.17) is 15.1 Å². The molecular weight excluding hydrogens is 166 g/mol. The van der Waals surface area contributed by atoms with Crippen molar-refractivity contribution in [3.05, 3.63) is 0 Å². The van der Waals surface area contributed by atoms with E-state index in [0.717, 1.165) is 0 Å². The van der Waals surface area contributed by atoms with Gasteiger partial charge in [0.25, 0.3) is 0 Å². The number of hydrogen-bond acceptors (Lipinski definition) is 3. The molecule has 0 aliphatic heterocycles. The minimum Gasteiger partial charge on any atom is -2.00 e. The predicted molar refractivity (Wildman–Crippen MR) is 8.66 cm³/mol. The van der Waals surface area contributed by atoms with Crippen molar-refractivity contribution in [2.45, 2.75) is 0 Å². The summed E-state index contributed by atoms with van der Waals surface area (Å²) in [5.74, 6) is 0. The van der Waals surface area contributed by atoms with E-state index in [1.807, 2.05) is 0 Å². The van der Waals surface area contributed by atoms with Gasteiger partial charge in [0.1, 0.15) is 0 Å². The largest absolute Gasteiger partial charge is 4.00 e. The molecule has 32 valence electrons. The Bertz CT molecular complexity index is 12.3. The molecule has 0 radical (unpaired) electrons. The van der Waals surface area contributed by atoms with Crippen LogP contribution < -0.4 is 10.0 Å². The Labute approximate surface area is 54.4 Å². The van der Waals surface area contributed by atoms with Crippen LogP contribution in [0.25, 0.3) is 0 Å². The average molecular weight is 167 g/mol. The van der Waals surface area contributed by atoms with Crippen LogP contribution in [0, 0.1) is 0 Å². The molecule has 0 atom stereocenters. The molecule has 0 aromatic rings. The monoisotopic (exact) mass is 166 g/mol. The average Bonchev–Trinajstić information content (AvgIpc) is 0.811. The quantitative estimate of drug-likeness (QED) is 0.380. The molecule has 6 heavy (non-hydrogen) atoms. The summed E-state index contributed by atoms with van der Waals surface area (Å²) in [6.07, 6.45) is 0. The molecule has 0 aliphatic rings. The zero-order valence-corrected chi connectivity index (χ0v) is 5.21. The van der Waals surface area contributed by atoms with E-state index in [1.54, 1.807) is 0 Å². The topological polar surface area (TPSA) is 94.9 Å². The van der Waals surface area contributed by atoms with Crippen molar-refractivity contribution in [2.75, 3.05) is 0 Å². The van der Waals surface area contributed by atoms with Crippen molar-refractivity contribution in [3.63, 3.8) is 0 Å². The van der Waals surface area contributed by atoms with Gasteiger partial charge in [-0.25, -0.2) is 0 Å². The zero-order valence-electron chi connectivity index (χ0n) is 2.75. The SMILES string of the molecule is [O-2].[O-]B([O-])O.[Zr+4]. The Morgan fingerprint density at radius 2 is 1.33 bits per heavy atom. The Balaban J connectivity index is -0.0000000450. The van der Waals surface area contributed by atoms with Gasteiger partial charge < -0.3 is 20.5 Å². The maximum atomic E-state index is 8.53. The van der Waals surface area contributed by atoms with Gasteiger partial charge in [0.05, 0.1) is 7.32 Å². The van der Waals surface area contributed by atoms with Crippen LogP contribution >= 0.6 is 0 Å². The maximum Gasteiger partial charge on any atom is 4.00 e. The van der Waals surface area contributed by atoms with E-state index in [2.05, 4.69) is 0 Å². The second kappa shape index (κ2) is 9.25. The van der Waals surface area contributed by atoms with Crippen molar-refractivity contribution in [3.8, 4) is 0 Å². The fourth-order valence-electron chi connectivity index (χ4n) is 0. The minimum absolute atomic E-state index is 0. The fourth-order valence-corrected chi connectivity index (χ4v) is 0. The molecule has 0 aromatic heterocycles. The third-order valence-corrected chi connectivity index (χ3v) is 0. The molecule has 0 aliphatic carbocycles. The van der Waals surface area contributed by atoms with Crippen LogP contribution in [0.5, 0.6) is 0 Å². The van der Waals surface area contributed by atoms with Gasteiger partial charge in [0, 0.05) is 0 Å². The smallest absolute Gasteiger partial charge is 2.00 e. The van der Waals surface area contributed by atoms with Gasteiger partial charge in [0.2, 0.25) is 0 Å². The number of rotatable bonds is 0. The zero-order chi connectivity index (χ0) is 3.58. The van der Waals surface area contributed by atoms with Gasteiger partial charge in [-0.05, 0) is 0 Å². The van der Waals surface area contributed by atoms with Crippen molar-refractivity contribution >= 4 is 7.32 Å². The summed E-state index contributed by atoms with van der Waals surface area (Å²) in [6, 6.07) is 0. The molecule has 1 N–H and O–H groups in total. The molecule has 0 fully saturated rings. The third-order valence-electron chi connectivity index (χ3n) is 0. The van der Waals surface area contributed by atoms with Gasteiger partial charge in [-0.15, -0.1) is 0 Å². The summed E-state index contributed by atoms with van der Waals surface area (Å²) >= 11 is 0. The molecule has 0 saturated carbocycles. The van der Waals surface area contributed by atoms with Gasteiger partial charge in [-0.2, -0.15) is 0 Å². The fraction of sp³-hybridized carbons (Fsp3) is 0. The summed E-state index contributed by atoms with van der Waals surface area (Å²) in [5, 5.41) is 24.0. The molecule has 0 unspecified atom stereocenters. The van der Waals surface area contributed by atoms with Crippen molar-refractivity contribution in [1.82, 2.24) is 0 Å². The Morgan fingerprint density at radius 1 is 1.33 bits per heavy atom. The summed E-state index contributed by atoms with van der Waals surface area (Å²) in [6.45, 7) is 0. The van der Waals surface area contributed by atoms with Crippen LogP contribution in [0.1, 0.15) is 0 Å². The summed E-state index contributed by atoms with van der Waals surface area (Å²) in [5.41, 5.74) is 0. The molecule has 0 bridgehead atoms. The molecule has 0 aromatic carbocycles. The molecular formula is HBO4Zr. The molecule has 4 nitrogen and oxygen atoms in total. The van der Waals surface area contributed by atoms with Gasteiger partial charge in [-0.1, -0.05) is 0 Å². The Hall–Kier alpha value is 0.788. The third kappa shape index (κ3) is 111. The molecule has 0 amide bonds. The van der Waals surface area contributed by atoms with E-state index in [-0.39, 0.29) is 31.7 Å². The Kier molecular flexibility index (Phi) is 24.4. The first kappa shape index (κ1) is 15.8. The standard InChI is InChI=1S/BHO3.O.Zr/c2-1(3)4;;/h2H;;/q2*-2;+4. The summed E-state index contributed by atoms with van der Waals surface area (Å²) in [7, 11) is -2.67. The van der Waals surface area contributed by atoms with Gasteiger partial charge in [-0.3, -0.25) is 0 Å². The summed E-state index contributed by atoms with van der Waals surface area (Å²) < 4.78 is 0. The van der Waals surface area contributed by atoms with Crippen LogP contribution in [0.2, 0.25) is 0 Å². The molecule has 0 heterocycles. The molecule has 0 saturated heterocycles. The molecule has 6 heteroatoms. The first-order chi connectivity index (χ1) is 1.73. The van der Waals surface area contributed by atoms with E-state index < -0.39 is 7.32 Å². The van der Waals surface area contributed by atoms with Crippen molar-refractivity contribution < 1.29 is 46.8 Å².